The van der Waals surface area contributed by atoms with Crippen molar-refractivity contribution in [1.29, 1.82) is 0 Å². The van der Waals surface area contributed by atoms with Gasteiger partial charge in [0.25, 0.3) is 0 Å². The summed E-state index contributed by atoms with van der Waals surface area (Å²) >= 11 is 0. The molecule has 338 valence electrons. The molecular weight excluding hydrogens is 867 g/mol. The zero-order valence-electron chi connectivity index (χ0n) is 41.0. The molecule has 1 heterocycles. The van der Waals surface area contributed by atoms with Crippen LogP contribution < -0.4 is 20.2 Å². The molecule has 0 atom stereocenters. The lowest BCUT2D eigenvalue weighted by Crippen LogP contribution is -2.37. The summed E-state index contributed by atoms with van der Waals surface area (Å²) in [5, 5.41) is 10.3. The van der Waals surface area contributed by atoms with Gasteiger partial charge in [0.1, 0.15) is 0 Å². The van der Waals surface area contributed by atoms with Crippen molar-refractivity contribution in [1.82, 2.24) is 4.57 Å². The van der Waals surface area contributed by atoms with Gasteiger partial charge in [-0.3, -0.25) is 0 Å². The smallest absolute Gasteiger partial charge is 0.0775 e. The molecule has 0 saturated heterocycles. The van der Waals surface area contributed by atoms with E-state index in [9.17, 15) is 0 Å². The third-order valence-electron chi connectivity index (χ3n) is 14.1. The Morgan fingerprint density at radius 2 is 0.696 bits per heavy atom. The van der Waals surface area contributed by atoms with Crippen LogP contribution in [-0.4, -0.2) is 20.7 Å². The maximum absolute atomic E-state index is 2.54. The minimum Gasteiger partial charge on any atom is -0.310 e. The fraction of sp³-hybridized carbons (Fsp3) is 0.125. The van der Waals surface area contributed by atoms with Gasteiger partial charge >= 0.3 is 0 Å². The second-order valence-corrected chi connectivity index (χ2v) is 30.9. The van der Waals surface area contributed by atoms with E-state index in [2.05, 4.69) is 280 Å². The Bertz CT molecular complexity index is 3490. The molecule has 0 aliphatic heterocycles. The highest BCUT2D eigenvalue weighted by atomic mass is 28.3. The van der Waals surface area contributed by atoms with Gasteiger partial charge in [0.05, 0.1) is 38.6 Å². The van der Waals surface area contributed by atoms with Crippen molar-refractivity contribution >= 4 is 104 Å². The summed E-state index contributed by atoms with van der Waals surface area (Å²) in [5.74, 6) is 0. The van der Waals surface area contributed by atoms with E-state index in [-0.39, 0.29) is 0 Å². The maximum atomic E-state index is 2.54. The van der Waals surface area contributed by atoms with Crippen LogP contribution >= 0.6 is 0 Å². The highest BCUT2D eigenvalue weighted by Gasteiger charge is 2.27. The monoisotopic (exact) mass is 925 g/mol. The summed E-state index contributed by atoms with van der Waals surface area (Å²) in [6.07, 6.45) is 0. The van der Waals surface area contributed by atoms with Crippen LogP contribution in [0.5, 0.6) is 0 Å². The zero-order chi connectivity index (χ0) is 47.6. The first kappa shape index (κ1) is 44.1. The predicted molar refractivity (Wildman–Crippen MR) is 306 cm³/mol. The molecule has 0 aliphatic carbocycles. The second kappa shape index (κ2) is 17.3. The van der Waals surface area contributed by atoms with E-state index in [1.165, 1.54) is 76.3 Å². The van der Waals surface area contributed by atoms with Crippen LogP contribution in [0.3, 0.4) is 0 Å². The molecule has 0 unspecified atom stereocenters. The molecule has 10 aromatic carbocycles. The van der Waals surface area contributed by atoms with Gasteiger partial charge in [-0.05, 0) is 108 Å². The van der Waals surface area contributed by atoms with E-state index in [1.54, 1.807) is 0 Å². The van der Waals surface area contributed by atoms with E-state index < -0.39 is 16.1 Å². The summed E-state index contributed by atoms with van der Waals surface area (Å²) in [6.45, 7) is 19.0. The Kier molecular flexibility index (Phi) is 11.0. The normalized spacial score (nSPS) is 12.1. The van der Waals surface area contributed by atoms with Gasteiger partial charge in [-0.15, -0.1) is 0 Å². The highest BCUT2D eigenvalue weighted by Crippen LogP contribution is 2.50. The van der Waals surface area contributed by atoms with Crippen LogP contribution in [0.15, 0.2) is 212 Å². The van der Waals surface area contributed by atoms with E-state index in [0.29, 0.717) is 0 Å². The average molecular weight is 926 g/mol. The predicted octanol–water partition coefficient (Wildman–Crippen LogP) is 17.4. The first-order valence-corrected chi connectivity index (χ1v) is 31.4. The third-order valence-corrected chi connectivity index (χ3v) is 18.3. The summed E-state index contributed by atoms with van der Waals surface area (Å²) in [5.41, 5.74) is 15.2. The minimum absolute atomic E-state index is 1.11. The Morgan fingerprint density at radius 1 is 0.333 bits per heavy atom. The number of aromatic nitrogens is 1. The van der Waals surface area contributed by atoms with Crippen molar-refractivity contribution in [3.63, 3.8) is 0 Å². The maximum Gasteiger partial charge on any atom is 0.0775 e. The SMILES string of the molecule is Cc1ccccc1N(c1ccc([Si](C)(C)C)cc1)c1cc2c(c3ccccc13)c1c3ccccc3c(N(c3ccc([Si](C)(C)C)cc3)c3ccccc3C)cc1n2-c1ccc(-c2ccccc2)cc1. The van der Waals surface area contributed by atoms with Gasteiger partial charge in [-0.1, -0.05) is 201 Å². The Balaban J connectivity index is 1.28. The van der Waals surface area contributed by atoms with Gasteiger partial charge in [0, 0.05) is 50.0 Å². The quantitative estimate of drug-likeness (QED) is 0.127. The molecular formula is C64H59N3Si2. The fourth-order valence-corrected chi connectivity index (χ4v) is 12.8. The van der Waals surface area contributed by atoms with Gasteiger partial charge in [-0.25, -0.2) is 0 Å². The summed E-state index contributed by atoms with van der Waals surface area (Å²) in [6, 6.07) is 79.5. The van der Waals surface area contributed by atoms with Crippen molar-refractivity contribution in [3.05, 3.63) is 223 Å². The number of fused-ring (bicyclic) bond motifs is 7. The van der Waals surface area contributed by atoms with Crippen molar-refractivity contribution in [2.75, 3.05) is 9.80 Å². The molecule has 0 N–H and O–H groups in total. The number of benzene rings is 10. The first-order chi connectivity index (χ1) is 33.3. The molecule has 11 rings (SSSR count). The summed E-state index contributed by atoms with van der Waals surface area (Å²) in [4.78, 5) is 5.00. The molecule has 0 saturated carbocycles. The van der Waals surface area contributed by atoms with Crippen LogP contribution in [0.2, 0.25) is 39.3 Å². The molecule has 0 aliphatic rings. The lowest BCUT2D eigenvalue weighted by molar-refractivity contribution is 1.17. The third kappa shape index (κ3) is 7.86. The minimum atomic E-state index is -1.55. The van der Waals surface area contributed by atoms with Gasteiger partial charge in [0.15, 0.2) is 0 Å². The Hall–Kier alpha value is -7.45. The lowest BCUT2D eigenvalue weighted by Gasteiger charge is -2.29. The molecule has 1 aromatic heterocycles. The van der Waals surface area contributed by atoms with Gasteiger partial charge in [-0.2, -0.15) is 0 Å². The summed E-state index contributed by atoms with van der Waals surface area (Å²) < 4.78 is 2.54. The van der Waals surface area contributed by atoms with Crippen molar-refractivity contribution in [2.45, 2.75) is 53.1 Å². The van der Waals surface area contributed by atoms with Crippen LogP contribution in [-0.2, 0) is 0 Å². The highest BCUT2D eigenvalue weighted by molar-refractivity contribution is 6.89. The summed E-state index contributed by atoms with van der Waals surface area (Å²) in [7, 11) is -3.09. The van der Waals surface area contributed by atoms with Crippen LogP contribution in [0.25, 0.3) is 60.2 Å². The number of hydrogen-bond acceptors (Lipinski definition) is 2. The molecule has 0 bridgehead atoms. The molecule has 0 fully saturated rings. The van der Waals surface area contributed by atoms with Crippen molar-refractivity contribution in [3.8, 4) is 16.8 Å². The van der Waals surface area contributed by atoms with Gasteiger partial charge < -0.3 is 14.4 Å². The van der Waals surface area contributed by atoms with Gasteiger partial charge in [0.2, 0.25) is 0 Å². The number of nitrogens with zero attached hydrogens (tertiary/aromatic N) is 3. The topological polar surface area (TPSA) is 11.4 Å². The standard InChI is InChI=1S/C64H59N3Si2/c1-44-20-12-18-28-57(44)65(49-34-38-51(39-35-49)68(3,4)5)59-42-61-63(55-26-16-14-24-53(55)59)64-56-27-17-15-25-54(56)60(43-62(64)67(61)48-32-30-47(31-33-48)46-22-10-9-11-23-46)66(58-29-19-13-21-45(58)2)50-36-40-52(41-37-50)69(6,7)8/h9-43H,1-8H3. The number of para-hydroxylation sites is 2. The molecule has 3 nitrogen and oxygen atoms in total. The second-order valence-electron chi connectivity index (χ2n) is 20.8. The lowest BCUT2D eigenvalue weighted by atomic mass is 9.96. The van der Waals surface area contributed by atoms with E-state index in [0.717, 1.165) is 39.5 Å². The molecule has 11 aromatic rings. The number of anilines is 6. The van der Waals surface area contributed by atoms with Crippen LogP contribution in [0, 0.1) is 13.8 Å². The van der Waals surface area contributed by atoms with Crippen molar-refractivity contribution < 1.29 is 0 Å². The number of rotatable bonds is 10. The molecule has 0 amide bonds. The van der Waals surface area contributed by atoms with Crippen molar-refractivity contribution in [2.24, 2.45) is 0 Å². The molecule has 69 heavy (non-hydrogen) atoms. The first-order valence-electron chi connectivity index (χ1n) is 24.4. The largest absolute Gasteiger partial charge is 0.310 e. The fourth-order valence-electron chi connectivity index (χ4n) is 10.4. The number of aryl methyl sites for hydroxylation is 2. The van der Waals surface area contributed by atoms with E-state index >= 15 is 0 Å². The number of hydrogen-bond donors (Lipinski definition) is 0. The zero-order valence-corrected chi connectivity index (χ0v) is 43.0. The van der Waals surface area contributed by atoms with Crippen LogP contribution in [0.4, 0.5) is 34.1 Å². The average Bonchev–Trinajstić information content (AvgIpc) is 3.70. The molecule has 5 heteroatoms. The van der Waals surface area contributed by atoms with E-state index in [4.69, 9.17) is 0 Å². The molecule has 0 spiro atoms. The molecule has 0 radical (unpaired) electrons. The Labute approximate surface area is 409 Å². The van der Waals surface area contributed by atoms with E-state index in [1.807, 2.05) is 0 Å². The Morgan fingerprint density at radius 3 is 1.10 bits per heavy atom. The van der Waals surface area contributed by atoms with Crippen LogP contribution in [0.1, 0.15) is 11.1 Å².